The molecule has 142 valence electrons. The summed E-state index contributed by atoms with van der Waals surface area (Å²) in [7, 11) is 2.21. The summed E-state index contributed by atoms with van der Waals surface area (Å²) in [5.41, 5.74) is 3.14. The maximum atomic E-state index is 11.5. The van der Waals surface area contributed by atoms with Crippen molar-refractivity contribution in [2.75, 3.05) is 13.3 Å². The van der Waals surface area contributed by atoms with Crippen molar-refractivity contribution < 1.29 is 9.00 Å². The van der Waals surface area contributed by atoms with E-state index in [0.717, 1.165) is 32.1 Å². The minimum atomic E-state index is -1.48. The Morgan fingerprint density at radius 3 is 2.70 bits per heavy atom. The highest BCUT2D eigenvalue weighted by molar-refractivity contribution is 8.00. The number of nitrogens with two attached hydrogens (primary N) is 1. The van der Waals surface area contributed by atoms with Crippen LogP contribution in [-0.2, 0) is 24.6 Å². The lowest BCUT2D eigenvalue weighted by molar-refractivity contribution is 0.111. The number of aromatic nitrogens is 2. The van der Waals surface area contributed by atoms with Crippen LogP contribution in [0.5, 0.6) is 0 Å². The predicted octanol–water partition coefficient (Wildman–Crippen LogP) is 2.62. The van der Waals surface area contributed by atoms with Gasteiger partial charge in [-0.05, 0) is 24.0 Å². The Morgan fingerprint density at radius 2 is 2.11 bits per heavy atom. The fourth-order valence-electron chi connectivity index (χ4n) is 2.65. The van der Waals surface area contributed by atoms with Crippen LogP contribution in [0.3, 0.4) is 0 Å². The Morgan fingerprint density at radius 1 is 1.41 bits per heavy atom. The number of hydrogen-bond acceptors (Lipinski definition) is 7. The zero-order valence-corrected chi connectivity index (χ0v) is 17.5. The molecule has 0 aliphatic carbocycles. The standard InChI is InChI=1S/C17H19N5O2S3/c1-21(9-11-4-6-12(7-5-11)27(18)24)19-8-13-14(10-23)22(2)16-15(13)26-17(20-16)25-3/h4-8,10H,9,18H2,1-3H3/b19-8-. The number of rotatable bonds is 7. The predicted molar refractivity (Wildman–Crippen MR) is 112 cm³/mol. The second-order valence-corrected chi connectivity index (χ2v) is 8.93. The molecule has 0 aliphatic heterocycles. The highest BCUT2D eigenvalue weighted by Crippen LogP contribution is 2.32. The highest BCUT2D eigenvalue weighted by atomic mass is 32.2. The molecule has 27 heavy (non-hydrogen) atoms. The zero-order valence-electron chi connectivity index (χ0n) is 15.1. The molecule has 3 aromatic rings. The van der Waals surface area contributed by atoms with Gasteiger partial charge in [0, 0.05) is 19.7 Å². The van der Waals surface area contributed by atoms with E-state index in [-0.39, 0.29) is 0 Å². The van der Waals surface area contributed by atoms with Crippen molar-refractivity contribution in [3.8, 4) is 0 Å². The van der Waals surface area contributed by atoms with Gasteiger partial charge in [-0.25, -0.2) is 14.3 Å². The SMILES string of the molecule is CSc1nc2c(s1)c(/C=N\N(C)Cc1ccc(S(N)=O)cc1)c(C=O)n2C. The van der Waals surface area contributed by atoms with Crippen LogP contribution in [0.4, 0.5) is 0 Å². The van der Waals surface area contributed by atoms with E-state index in [2.05, 4.69) is 10.1 Å². The summed E-state index contributed by atoms with van der Waals surface area (Å²) >= 11 is 3.14. The average Bonchev–Trinajstić information content (AvgIpc) is 3.18. The topological polar surface area (TPSA) is 93.6 Å². The third kappa shape index (κ3) is 4.13. The van der Waals surface area contributed by atoms with Crippen LogP contribution >= 0.6 is 23.1 Å². The van der Waals surface area contributed by atoms with Crippen LogP contribution < -0.4 is 5.14 Å². The number of hydrazone groups is 1. The van der Waals surface area contributed by atoms with Crippen molar-refractivity contribution in [3.63, 3.8) is 0 Å². The summed E-state index contributed by atoms with van der Waals surface area (Å²) in [4.78, 5) is 16.7. The number of carbonyl (C=O) groups excluding carboxylic acids is 1. The molecule has 2 N–H and O–H groups in total. The molecule has 0 amide bonds. The Hall–Kier alpha value is -2.01. The first-order chi connectivity index (χ1) is 12.9. The van der Waals surface area contributed by atoms with Crippen molar-refractivity contribution in [1.29, 1.82) is 0 Å². The molecule has 2 aromatic heterocycles. The van der Waals surface area contributed by atoms with Gasteiger partial charge >= 0.3 is 0 Å². The maximum absolute atomic E-state index is 11.5. The Kier molecular flexibility index (Phi) is 6.10. The lowest BCUT2D eigenvalue weighted by Gasteiger charge is -2.13. The third-order valence-corrected chi connectivity index (χ3v) is 6.83. The summed E-state index contributed by atoms with van der Waals surface area (Å²) in [5.74, 6) is 0. The Labute approximate surface area is 167 Å². The van der Waals surface area contributed by atoms with Crippen molar-refractivity contribution in [3.05, 3.63) is 41.1 Å². The van der Waals surface area contributed by atoms with Crippen molar-refractivity contribution in [2.24, 2.45) is 17.3 Å². The minimum Gasteiger partial charge on any atom is -0.325 e. The van der Waals surface area contributed by atoms with Gasteiger partial charge in [0.2, 0.25) is 0 Å². The van der Waals surface area contributed by atoms with Crippen LogP contribution in [-0.4, -0.2) is 44.6 Å². The fourth-order valence-corrected chi connectivity index (χ4v) is 4.67. The quantitative estimate of drug-likeness (QED) is 0.274. The van der Waals surface area contributed by atoms with Crippen molar-refractivity contribution >= 4 is 56.9 Å². The van der Waals surface area contributed by atoms with Gasteiger partial charge in [0.1, 0.15) is 11.0 Å². The average molecular weight is 422 g/mol. The molecule has 3 rings (SSSR count). The van der Waals surface area contributed by atoms with Gasteiger partial charge in [0.25, 0.3) is 0 Å². The molecule has 0 aliphatic rings. The number of benzene rings is 1. The van der Waals surface area contributed by atoms with Gasteiger partial charge in [-0.3, -0.25) is 9.80 Å². The van der Waals surface area contributed by atoms with E-state index < -0.39 is 11.0 Å². The first kappa shape index (κ1) is 19.7. The molecular formula is C17H19N5O2S3. The number of aldehydes is 1. The van der Waals surface area contributed by atoms with Crippen LogP contribution in [0.1, 0.15) is 21.6 Å². The largest absolute Gasteiger partial charge is 0.325 e. The summed E-state index contributed by atoms with van der Waals surface area (Å²) in [6.45, 7) is 0.569. The summed E-state index contributed by atoms with van der Waals surface area (Å²) < 4.78 is 15.0. The van der Waals surface area contributed by atoms with E-state index in [1.807, 2.05) is 32.5 Å². The highest BCUT2D eigenvalue weighted by Gasteiger charge is 2.18. The maximum Gasteiger partial charge on any atom is 0.167 e. The van der Waals surface area contributed by atoms with E-state index in [0.29, 0.717) is 17.1 Å². The third-order valence-electron chi connectivity index (χ3n) is 4.03. The van der Waals surface area contributed by atoms with Crippen LogP contribution in [0, 0.1) is 0 Å². The van der Waals surface area contributed by atoms with Gasteiger partial charge in [-0.1, -0.05) is 23.9 Å². The molecule has 1 unspecified atom stereocenters. The monoisotopic (exact) mass is 421 g/mol. The number of fused-ring (bicyclic) bond motifs is 1. The summed E-state index contributed by atoms with van der Waals surface area (Å²) in [6, 6.07) is 7.24. The van der Waals surface area contributed by atoms with E-state index in [4.69, 9.17) is 5.14 Å². The van der Waals surface area contributed by atoms with Gasteiger partial charge < -0.3 is 4.57 Å². The second-order valence-electron chi connectivity index (χ2n) is 5.81. The summed E-state index contributed by atoms with van der Waals surface area (Å²) in [5, 5.41) is 11.6. The smallest absolute Gasteiger partial charge is 0.167 e. The van der Waals surface area contributed by atoms with E-state index in [1.54, 1.807) is 51.0 Å². The number of nitrogens with zero attached hydrogens (tertiary/aromatic N) is 4. The molecular weight excluding hydrogens is 402 g/mol. The van der Waals surface area contributed by atoms with Gasteiger partial charge in [-0.2, -0.15) is 5.10 Å². The number of thiazole rings is 1. The van der Waals surface area contributed by atoms with Gasteiger partial charge in [0.15, 0.2) is 16.3 Å². The number of carbonyl (C=O) groups is 1. The van der Waals surface area contributed by atoms with Crippen LogP contribution in [0.2, 0.25) is 0 Å². The number of hydrogen-bond donors (Lipinski definition) is 1. The van der Waals surface area contributed by atoms with E-state index >= 15 is 0 Å². The summed E-state index contributed by atoms with van der Waals surface area (Å²) in [6.07, 6.45) is 4.52. The zero-order chi connectivity index (χ0) is 19.6. The normalized spacial score (nSPS) is 12.7. The molecule has 7 nitrogen and oxygen atoms in total. The lowest BCUT2D eigenvalue weighted by Crippen LogP contribution is -2.11. The molecule has 0 saturated heterocycles. The fraction of sp³-hybridized carbons (Fsp3) is 0.235. The van der Waals surface area contributed by atoms with Gasteiger partial charge in [-0.15, -0.1) is 11.3 Å². The number of thioether (sulfide) groups is 1. The molecule has 1 aromatic carbocycles. The number of aryl methyl sites for hydroxylation is 1. The molecule has 0 saturated carbocycles. The Bertz CT molecular complexity index is 1020. The molecule has 2 heterocycles. The van der Waals surface area contributed by atoms with E-state index in [9.17, 15) is 9.00 Å². The molecule has 10 heteroatoms. The van der Waals surface area contributed by atoms with Crippen LogP contribution in [0.25, 0.3) is 10.3 Å². The molecule has 0 fully saturated rings. The van der Waals surface area contributed by atoms with Crippen LogP contribution in [0.15, 0.2) is 38.6 Å². The molecule has 0 spiro atoms. The minimum absolute atomic E-state index is 0.559. The second kappa shape index (κ2) is 8.34. The van der Waals surface area contributed by atoms with E-state index in [1.165, 1.54) is 0 Å². The van der Waals surface area contributed by atoms with Gasteiger partial charge in [0.05, 0.1) is 28.0 Å². The first-order valence-electron chi connectivity index (χ1n) is 7.93. The van der Waals surface area contributed by atoms with Crippen molar-refractivity contribution in [2.45, 2.75) is 15.8 Å². The Balaban J connectivity index is 1.83. The molecule has 0 radical (unpaired) electrons. The first-order valence-corrected chi connectivity index (χ1v) is 11.2. The lowest BCUT2D eigenvalue weighted by atomic mass is 10.2. The van der Waals surface area contributed by atoms with Crippen molar-refractivity contribution in [1.82, 2.24) is 14.6 Å². The molecule has 0 bridgehead atoms. The molecule has 1 atom stereocenters.